The number of methoxy groups -OCH3 is 4. The van der Waals surface area contributed by atoms with Gasteiger partial charge in [0.15, 0.2) is 23.0 Å². The Hall–Kier alpha value is -4.58. The lowest BCUT2D eigenvalue weighted by Gasteiger charge is -2.19. The molecule has 0 saturated carbocycles. The van der Waals surface area contributed by atoms with E-state index < -0.39 is 0 Å². The first-order valence-electron chi connectivity index (χ1n) is 15.1. The van der Waals surface area contributed by atoms with Gasteiger partial charge in [-0.25, -0.2) is 0 Å². The molecule has 4 aromatic rings. The number of ether oxygens (including phenoxy) is 6. The average molecular weight is 597 g/mol. The Morgan fingerprint density at radius 3 is 1.23 bits per heavy atom. The van der Waals surface area contributed by atoms with Crippen molar-refractivity contribution in [3.63, 3.8) is 0 Å². The zero-order valence-electron chi connectivity index (χ0n) is 27.1. The minimum absolute atomic E-state index is 0.0413. The zero-order chi connectivity index (χ0) is 31.6. The Balaban J connectivity index is 1.72. The molecule has 232 valence electrons. The highest BCUT2D eigenvalue weighted by molar-refractivity contribution is 6.00. The van der Waals surface area contributed by atoms with E-state index in [1.807, 2.05) is 38.1 Å². The summed E-state index contributed by atoms with van der Waals surface area (Å²) in [6, 6.07) is 20.5. The molecule has 0 fully saturated rings. The number of hydrogen-bond donors (Lipinski definition) is 0. The lowest BCUT2D eigenvalue weighted by molar-refractivity contribution is 0.198. The van der Waals surface area contributed by atoms with E-state index in [4.69, 9.17) is 28.4 Å². The molecule has 0 N–H and O–H groups in total. The van der Waals surface area contributed by atoms with Gasteiger partial charge >= 0.3 is 0 Å². The minimum atomic E-state index is 0.0413. The molecule has 0 heterocycles. The van der Waals surface area contributed by atoms with Gasteiger partial charge in [0.25, 0.3) is 0 Å². The van der Waals surface area contributed by atoms with Crippen molar-refractivity contribution in [1.29, 1.82) is 0 Å². The van der Waals surface area contributed by atoms with E-state index in [-0.39, 0.29) is 12.2 Å². The second kappa shape index (κ2) is 15.2. The van der Waals surface area contributed by atoms with Crippen molar-refractivity contribution in [2.75, 3.05) is 28.4 Å². The third-order valence-corrected chi connectivity index (χ3v) is 7.63. The van der Waals surface area contributed by atoms with Crippen LogP contribution in [-0.4, -0.2) is 40.6 Å². The Labute approximate surface area is 261 Å². The summed E-state index contributed by atoms with van der Waals surface area (Å²) in [5, 5.41) is 2.29. The van der Waals surface area contributed by atoms with Gasteiger partial charge in [-0.1, -0.05) is 74.5 Å². The molecule has 0 amide bonds. The average Bonchev–Trinajstić information content (AvgIpc) is 3.06. The van der Waals surface area contributed by atoms with Gasteiger partial charge in [-0.3, -0.25) is 0 Å². The van der Waals surface area contributed by atoms with Crippen LogP contribution in [0.5, 0.6) is 34.5 Å². The first-order valence-corrected chi connectivity index (χ1v) is 15.1. The van der Waals surface area contributed by atoms with Gasteiger partial charge in [-0.2, -0.15) is 0 Å². The summed E-state index contributed by atoms with van der Waals surface area (Å²) in [7, 11) is 6.58. The van der Waals surface area contributed by atoms with Gasteiger partial charge in [-0.05, 0) is 84.0 Å². The predicted molar refractivity (Wildman–Crippen MR) is 182 cm³/mol. The maximum atomic E-state index is 6.12. The van der Waals surface area contributed by atoms with E-state index in [9.17, 15) is 0 Å². The van der Waals surface area contributed by atoms with Crippen LogP contribution in [0.2, 0.25) is 0 Å². The predicted octanol–water partition coefficient (Wildman–Crippen LogP) is 9.57. The van der Waals surface area contributed by atoms with E-state index in [1.165, 1.54) is 0 Å². The fourth-order valence-corrected chi connectivity index (χ4v) is 4.84. The van der Waals surface area contributed by atoms with Gasteiger partial charge in [0.2, 0.25) is 11.5 Å². The molecule has 0 aliphatic rings. The summed E-state index contributed by atoms with van der Waals surface area (Å²) in [6.07, 6.45) is 10.2. The first-order chi connectivity index (χ1) is 21.3. The van der Waals surface area contributed by atoms with Crippen LogP contribution in [0.3, 0.4) is 0 Å². The second-order valence-corrected chi connectivity index (χ2v) is 10.6. The number of fused-ring (bicyclic) bond motifs is 1. The third kappa shape index (κ3) is 7.49. The quantitative estimate of drug-likeness (QED) is 0.135. The van der Waals surface area contributed by atoms with Crippen molar-refractivity contribution < 1.29 is 28.4 Å². The van der Waals surface area contributed by atoms with Gasteiger partial charge in [0, 0.05) is 0 Å². The summed E-state index contributed by atoms with van der Waals surface area (Å²) < 4.78 is 35.0. The molecule has 0 saturated heterocycles. The molecule has 4 rings (SSSR count). The maximum absolute atomic E-state index is 6.12. The minimum Gasteiger partial charge on any atom is -0.493 e. The van der Waals surface area contributed by atoms with E-state index in [2.05, 4.69) is 74.5 Å². The lowest BCUT2D eigenvalue weighted by Crippen LogP contribution is -2.11. The van der Waals surface area contributed by atoms with Crippen LogP contribution in [0.1, 0.15) is 62.8 Å². The van der Waals surface area contributed by atoms with Crippen LogP contribution in [0.4, 0.5) is 0 Å². The lowest BCUT2D eigenvalue weighted by atomic mass is 9.97. The van der Waals surface area contributed by atoms with E-state index in [1.54, 1.807) is 28.4 Å². The number of benzene rings is 4. The van der Waals surface area contributed by atoms with Crippen molar-refractivity contribution in [2.24, 2.45) is 0 Å². The molecule has 0 bridgehead atoms. The first kappa shape index (κ1) is 32.3. The molecule has 2 unspecified atom stereocenters. The van der Waals surface area contributed by atoms with Gasteiger partial charge in [-0.15, -0.1) is 0 Å². The van der Waals surface area contributed by atoms with Crippen LogP contribution in [0.25, 0.3) is 35.1 Å². The van der Waals surface area contributed by atoms with Crippen molar-refractivity contribution in [2.45, 2.75) is 52.7 Å². The summed E-state index contributed by atoms with van der Waals surface area (Å²) >= 11 is 0. The molecule has 0 spiro atoms. The largest absolute Gasteiger partial charge is 0.493 e. The third-order valence-electron chi connectivity index (χ3n) is 7.63. The Morgan fingerprint density at radius 1 is 0.545 bits per heavy atom. The van der Waals surface area contributed by atoms with Crippen LogP contribution < -0.4 is 28.4 Å². The Bertz CT molecular complexity index is 1450. The summed E-state index contributed by atoms with van der Waals surface area (Å²) in [6.45, 7) is 8.23. The van der Waals surface area contributed by atoms with Crippen LogP contribution >= 0.6 is 0 Å². The fraction of sp³-hybridized carbons (Fsp3) is 0.316. The highest BCUT2D eigenvalue weighted by atomic mass is 16.5. The summed E-state index contributed by atoms with van der Waals surface area (Å²) in [5.41, 5.74) is 4.07. The molecule has 0 aliphatic heterocycles. The Kier molecular flexibility index (Phi) is 11.2. The highest BCUT2D eigenvalue weighted by Gasteiger charge is 2.17. The standard InChI is InChI=1S/C38H44O6/c1-9-25(3)43-37-32(39-5)21-27(22-33(37)40-6)17-19-30-15-11-13-29-14-12-16-31(36(29)30)20-18-28-23-34(41-7)38(35(24-28)42-8)44-26(4)10-2/h11-26H,9-10H2,1-8H3/b19-17+,20-18+. The molecule has 0 aliphatic carbocycles. The van der Waals surface area contributed by atoms with E-state index >= 15 is 0 Å². The van der Waals surface area contributed by atoms with Crippen LogP contribution in [-0.2, 0) is 0 Å². The summed E-state index contributed by atoms with van der Waals surface area (Å²) in [4.78, 5) is 0. The molecule has 6 heteroatoms. The molecule has 44 heavy (non-hydrogen) atoms. The van der Waals surface area contributed by atoms with Crippen molar-refractivity contribution in [3.8, 4) is 34.5 Å². The van der Waals surface area contributed by atoms with Crippen LogP contribution in [0.15, 0.2) is 60.7 Å². The van der Waals surface area contributed by atoms with E-state index in [0.29, 0.717) is 34.5 Å². The van der Waals surface area contributed by atoms with Crippen molar-refractivity contribution in [1.82, 2.24) is 0 Å². The normalized spacial score (nSPS) is 12.8. The SMILES string of the molecule is CCC(C)Oc1c(OC)cc(/C=C/c2cccc3cccc(/C=C/c4cc(OC)c(OC(C)CC)c(OC)c4)c23)cc1OC. The van der Waals surface area contributed by atoms with Crippen molar-refractivity contribution >= 4 is 35.1 Å². The topological polar surface area (TPSA) is 55.4 Å². The molecular weight excluding hydrogens is 552 g/mol. The second-order valence-electron chi connectivity index (χ2n) is 10.6. The molecule has 4 aromatic carbocycles. The smallest absolute Gasteiger partial charge is 0.203 e. The number of hydrogen-bond acceptors (Lipinski definition) is 6. The van der Waals surface area contributed by atoms with Gasteiger partial charge in [0.1, 0.15) is 0 Å². The van der Waals surface area contributed by atoms with Crippen LogP contribution in [0, 0.1) is 0 Å². The summed E-state index contributed by atoms with van der Waals surface area (Å²) in [5.74, 6) is 3.78. The Morgan fingerprint density at radius 2 is 0.909 bits per heavy atom. The molecule has 2 atom stereocenters. The van der Waals surface area contributed by atoms with Crippen molar-refractivity contribution in [3.05, 3.63) is 82.9 Å². The maximum Gasteiger partial charge on any atom is 0.203 e. The molecule has 0 aromatic heterocycles. The van der Waals surface area contributed by atoms with Gasteiger partial charge in [0.05, 0.1) is 40.6 Å². The van der Waals surface area contributed by atoms with Gasteiger partial charge < -0.3 is 28.4 Å². The molecule has 6 nitrogen and oxygen atoms in total. The molecular formula is C38H44O6. The zero-order valence-corrected chi connectivity index (χ0v) is 27.1. The monoisotopic (exact) mass is 596 g/mol. The fourth-order valence-electron chi connectivity index (χ4n) is 4.84. The molecule has 0 radical (unpaired) electrons. The highest BCUT2D eigenvalue weighted by Crippen LogP contribution is 2.41. The number of rotatable bonds is 14. The van der Waals surface area contributed by atoms with E-state index in [0.717, 1.165) is 45.9 Å².